The van der Waals surface area contributed by atoms with Gasteiger partial charge in [0.2, 0.25) is 0 Å². The maximum Gasteiger partial charge on any atom is 0.197 e. The zero-order valence-electron chi connectivity index (χ0n) is 39.8. The third-order valence-corrected chi connectivity index (χ3v) is 15.8. The molecule has 1 atom stereocenters. The van der Waals surface area contributed by atoms with Crippen LogP contribution >= 0.6 is 0 Å². The fourth-order valence-electron chi connectivity index (χ4n) is 12.3. The fourth-order valence-corrected chi connectivity index (χ4v) is 12.3. The summed E-state index contributed by atoms with van der Waals surface area (Å²) in [6, 6.07) is 67.7. The second-order valence-corrected chi connectivity index (χ2v) is 21.2. The van der Waals surface area contributed by atoms with Crippen molar-refractivity contribution in [3.63, 3.8) is 0 Å². The zero-order valence-corrected chi connectivity index (χ0v) is 39.8. The highest BCUT2D eigenvalue weighted by Crippen LogP contribution is 2.53. The maximum atomic E-state index is 7.04. The summed E-state index contributed by atoms with van der Waals surface area (Å²) < 4.78 is 9.62. The van der Waals surface area contributed by atoms with Gasteiger partial charge in [-0.1, -0.05) is 187 Å². The van der Waals surface area contributed by atoms with E-state index in [2.05, 4.69) is 241 Å². The fraction of sp³-hybridized carbons (Fsp3) is 0.138. The Hall–Kier alpha value is -7.82. The van der Waals surface area contributed by atoms with Gasteiger partial charge in [0.1, 0.15) is 11.5 Å². The number of hydrogen-bond donors (Lipinski definition) is 1. The highest BCUT2D eigenvalue weighted by molar-refractivity contribution is 6.73. The third-order valence-electron chi connectivity index (χ3n) is 15.8. The molecule has 69 heavy (non-hydrogen) atoms. The highest BCUT2D eigenvalue weighted by atomic mass is 16.3. The van der Waals surface area contributed by atoms with Crippen LogP contribution in [0, 0.1) is 0 Å². The van der Waals surface area contributed by atoms with Crippen LogP contribution in [-0.4, -0.2) is 11.8 Å². The molecule has 4 heteroatoms. The summed E-state index contributed by atoms with van der Waals surface area (Å²) in [6.07, 6.45) is 0. The molecule has 1 N–H and O–H groups in total. The van der Waals surface area contributed by atoms with Gasteiger partial charge in [0.25, 0.3) is 0 Å². The van der Waals surface area contributed by atoms with Crippen molar-refractivity contribution in [2.24, 2.45) is 0 Å². The molecule has 1 radical (unpaired) electrons. The van der Waals surface area contributed by atoms with Gasteiger partial charge in [0.15, 0.2) is 7.28 Å². The van der Waals surface area contributed by atoms with Crippen LogP contribution in [-0.2, 0) is 10.8 Å². The minimum absolute atomic E-state index is 0.0598. The van der Waals surface area contributed by atoms with Gasteiger partial charge < -0.3 is 14.3 Å². The summed E-state index contributed by atoms with van der Waals surface area (Å²) in [5.74, 6) is 2.08. The summed E-state index contributed by atoms with van der Waals surface area (Å²) in [5.41, 5.74) is 24.6. The first-order valence-corrected chi connectivity index (χ1v) is 24.5. The lowest BCUT2D eigenvalue weighted by atomic mass is 9.58. The number of hydrogen-bond acceptors (Lipinski definition) is 2. The van der Waals surface area contributed by atoms with Gasteiger partial charge in [-0.05, 0) is 109 Å². The molecule has 9 aromatic carbocycles. The van der Waals surface area contributed by atoms with E-state index in [1.165, 1.54) is 88.5 Å². The largest absolute Gasteiger partial charge is 0.455 e. The van der Waals surface area contributed by atoms with E-state index in [-0.39, 0.29) is 10.8 Å². The van der Waals surface area contributed by atoms with Crippen molar-refractivity contribution in [3.05, 3.63) is 210 Å². The molecule has 2 aromatic heterocycles. The lowest BCUT2D eigenvalue weighted by molar-refractivity contribution is 0.590. The third kappa shape index (κ3) is 5.82. The highest BCUT2D eigenvalue weighted by Gasteiger charge is 2.37. The second kappa shape index (κ2) is 14.4. The minimum atomic E-state index is -0.159. The Morgan fingerprint density at radius 3 is 1.93 bits per heavy atom. The zero-order chi connectivity index (χ0) is 46.5. The Kier molecular flexibility index (Phi) is 8.38. The number of rotatable bonds is 5. The molecule has 3 nitrogen and oxygen atoms in total. The van der Waals surface area contributed by atoms with Gasteiger partial charge >= 0.3 is 0 Å². The first-order valence-electron chi connectivity index (χ1n) is 24.5. The molecule has 0 fully saturated rings. The Morgan fingerprint density at radius 2 is 1.20 bits per heavy atom. The number of nitrogens with one attached hydrogen (secondary N) is 1. The van der Waals surface area contributed by atoms with Crippen LogP contribution in [0.1, 0.15) is 75.3 Å². The molecule has 0 bridgehead atoms. The van der Waals surface area contributed by atoms with Crippen molar-refractivity contribution in [1.82, 2.24) is 4.57 Å². The summed E-state index contributed by atoms with van der Waals surface area (Å²) in [6.45, 7) is 13.9. The van der Waals surface area contributed by atoms with E-state index in [0.717, 1.165) is 55.9 Å². The van der Waals surface area contributed by atoms with E-state index in [9.17, 15) is 0 Å². The predicted octanol–water partition coefficient (Wildman–Crippen LogP) is 16.0. The number of anilines is 2. The van der Waals surface area contributed by atoms with Gasteiger partial charge in [0.05, 0.1) is 5.52 Å². The van der Waals surface area contributed by atoms with Crippen LogP contribution in [0.4, 0.5) is 11.4 Å². The number of furan rings is 1. The molecule has 0 saturated carbocycles. The van der Waals surface area contributed by atoms with E-state index in [0.29, 0.717) is 5.92 Å². The van der Waals surface area contributed by atoms with Crippen LogP contribution < -0.4 is 16.2 Å². The molecule has 14 rings (SSSR count). The Labute approximate surface area is 404 Å². The summed E-state index contributed by atoms with van der Waals surface area (Å²) >= 11 is 0. The maximum absolute atomic E-state index is 7.04. The van der Waals surface area contributed by atoms with Crippen molar-refractivity contribution >= 4 is 62.2 Å². The summed E-state index contributed by atoms with van der Waals surface area (Å²) in [5, 5.41) is 8.74. The monoisotopic (exact) mass is 885 g/mol. The van der Waals surface area contributed by atoms with Crippen LogP contribution in [0.15, 0.2) is 186 Å². The molecule has 11 aromatic rings. The van der Waals surface area contributed by atoms with Crippen LogP contribution in [0.25, 0.3) is 94.3 Å². The first-order chi connectivity index (χ1) is 33.5. The molecule has 1 aliphatic heterocycles. The van der Waals surface area contributed by atoms with Crippen molar-refractivity contribution < 1.29 is 4.42 Å². The average molecular weight is 886 g/mol. The number of nitrogens with zero attached hydrogens (tertiary/aromatic N) is 1. The van der Waals surface area contributed by atoms with Crippen LogP contribution in [0.3, 0.4) is 0 Å². The van der Waals surface area contributed by atoms with Gasteiger partial charge in [-0.3, -0.25) is 0 Å². The van der Waals surface area contributed by atoms with E-state index < -0.39 is 0 Å². The average Bonchev–Trinajstić information content (AvgIpc) is 4.06. The Balaban J connectivity index is 1.07. The quantitative estimate of drug-likeness (QED) is 0.175. The lowest BCUT2D eigenvalue weighted by Gasteiger charge is -2.26. The molecular formula is C65H50BN2O. The van der Waals surface area contributed by atoms with E-state index >= 15 is 0 Å². The van der Waals surface area contributed by atoms with Crippen molar-refractivity contribution in [2.75, 3.05) is 5.32 Å². The van der Waals surface area contributed by atoms with Crippen molar-refractivity contribution in [2.45, 2.75) is 58.3 Å². The SMILES string of the molecule is CC1c2ccccc2-c2cc3c(cc21)c1ccc(-c2cc4c(cc2Nc2ccc(C(C)(C)C)cc2)C(C)(C)c2ccccc2-4)c2c1n3-c1cc3c(-c4ccccc4)oc(-c4ccccc4)c3cc1[B]2. The van der Waals surface area contributed by atoms with E-state index in [1.54, 1.807) is 0 Å². The molecule has 0 saturated heterocycles. The van der Waals surface area contributed by atoms with Gasteiger partial charge in [0, 0.05) is 72.1 Å². The summed E-state index contributed by atoms with van der Waals surface area (Å²) in [7, 11) is 2.47. The molecule has 329 valence electrons. The van der Waals surface area contributed by atoms with Crippen LogP contribution in [0.5, 0.6) is 0 Å². The first kappa shape index (κ1) is 40.3. The van der Waals surface area contributed by atoms with Crippen molar-refractivity contribution in [3.8, 4) is 61.7 Å². The molecule has 0 amide bonds. The van der Waals surface area contributed by atoms with E-state index in [1.807, 2.05) is 0 Å². The number of aromatic nitrogens is 1. The molecular weight excluding hydrogens is 836 g/mol. The van der Waals surface area contributed by atoms with Crippen LogP contribution in [0.2, 0.25) is 0 Å². The smallest absolute Gasteiger partial charge is 0.197 e. The van der Waals surface area contributed by atoms with E-state index in [4.69, 9.17) is 4.42 Å². The Morgan fingerprint density at radius 1 is 0.536 bits per heavy atom. The standard InChI is InChI=1S/C65H50BN2O/c1-37-42-21-13-14-22-43(42)48-34-58-51(31-47(37)48)46-30-29-45(50-32-49-44-23-15-16-24-54(44)65(5,6)55(49)36-57(50)67-41-27-25-40(26-28-41)64(2,3)4)60-61(46)68(58)59-35-53-52(33-56(59)66-60)62(38-17-9-7-10-18-38)69-63(53)39-19-11-8-12-20-39/h7-37,67H,1-6H3. The minimum Gasteiger partial charge on any atom is -0.455 e. The Bertz CT molecular complexity index is 3960. The molecule has 2 aliphatic carbocycles. The predicted molar refractivity (Wildman–Crippen MR) is 291 cm³/mol. The molecule has 3 heterocycles. The normalized spacial score (nSPS) is 14.9. The molecule has 1 unspecified atom stereocenters. The van der Waals surface area contributed by atoms with Gasteiger partial charge in [-0.25, -0.2) is 0 Å². The number of fused-ring (bicyclic) bond motifs is 12. The summed E-state index contributed by atoms with van der Waals surface area (Å²) in [4.78, 5) is 0. The topological polar surface area (TPSA) is 30.1 Å². The molecule has 3 aliphatic rings. The number of benzene rings is 9. The lowest BCUT2D eigenvalue weighted by Crippen LogP contribution is -2.37. The second-order valence-electron chi connectivity index (χ2n) is 21.2. The van der Waals surface area contributed by atoms with Gasteiger partial charge in [-0.2, -0.15) is 0 Å². The van der Waals surface area contributed by atoms with Gasteiger partial charge in [-0.15, -0.1) is 0 Å². The van der Waals surface area contributed by atoms with Crippen molar-refractivity contribution in [1.29, 1.82) is 0 Å². The molecule has 0 spiro atoms.